The van der Waals surface area contributed by atoms with Crippen molar-refractivity contribution in [2.75, 3.05) is 18.5 Å². The predicted molar refractivity (Wildman–Crippen MR) is 72.8 cm³/mol. The van der Waals surface area contributed by atoms with Crippen LogP contribution in [0.3, 0.4) is 0 Å². The number of hydrogen-bond acceptors (Lipinski definition) is 1. The van der Waals surface area contributed by atoms with Gasteiger partial charge in [-0.3, -0.25) is 0 Å². The molecule has 0 aliphatic heterocycles. The van der Waals surface area contributed by atoms with Crippen LogP contribution in [0.25, 0.3) is 0 Å². The van der Waals surface area contributed by atoms with Crippen molar-refractivity contribution in [2.45, 2.75) is 6.92 Å². The first-order valence-electron chi connectivity index (χ1n) is 5.46. The van der Waals surface area contributed by atoms with Crippen LogP contribution in [-0.4, -0.2) is 13.6 Å². The molecule has 0 aliphatic carbocycles. The van der Waals surface area contributed by atoms with E-state index >= 15 is 0 Å². The number of anilines is 1. The van der Waals surface area contributed by atoms with Crippen LogP contribution in [0.15, 0.2) is 66.8 Å². The fraction of sp³-hybridized carbons (Fsp3) is 0.200. The van der Waals surface area contributed by atoms with E-state index in [0.717, 1.165) is 6.54 Å². The smallest absolute Gasteiger partial charge is 0.0366 e. The number of likely N-dealkylation sites (N-methyl/N-ethyl adjacent to an activating group) is 1. The summed E-state index contributed by atoms with van der Waals surface area (Å²) >= 11 is 0. The molecule has 0 fully saturated rings. The van der Waals surface area contributed by atoms with Crippen molar-refractivity contribution < 1.29 is 0 Å². The maximum Gasteiger partial charge on any atom is 0.0366 e. The van der Waals surface area contributed by atoms with E-state index < -0.39 is 0 Å². The minimum atomic E-state index is 0.914. The van der Waals surface area contributed by atoms with Crippen LogP contribution < -0.4 is 4.90 Å². The Morgan fingerprint density at radius 3 is 2.62 bits per heavy atom. The van der Waals surface area contributed by atoms with Gasteiger partial charge in [0, 0.05) is 19.3 Å². The molecule has 1 nitrogen and oxygen atoms in total. The number of rotatable bonds is 5. The fourth-order valence-electron chi connectivity index (χ4n) is 1.36. The second kappa shape index (κ2) is 6.67. The SMILES string of the molecule is C=C/C=C\C(C)=C/CN(C)c1ccccc1. The van der Waals surface area contributed by atoms with Crippen LogP contribution in [-0.2, 0) is 0 Å². The summed E-state index contributed by atoms with van der Waals surface area (Å²) in [6.45, 7) is 6.66. The lowest BCUT2D eigenvalue weighted by Gasteiger charge is -2.17. The minimum absolute atomic E-state index is 0.914. The second-order valence-corrected chi connectivity index (χ2v) is 3.76. The highest BCUT2D eigenvalue weighted by Crippen LogP contribution is 2.10. The largest absolute Gasteiger partial charge is 0.371 e. The van der Waals surface area contributed by atoms with Crippen LogP contribution in [0.4, 0.5) is 5.69 Å². The van der Waals surface area contributed by atoms with Gasteiger partial charge in [0.15, 0.2) is 0 Å². The Morgan fingerprint density at radius 2 is 2.00 bits per heavy atom. The van der Waals surface area contributed by atoms with E-state index in [0.29, 0.717) is 0 Å². The summed E-state index contributed by atoms with van der Waals surface area (Å²) in [6, 6.07) is 10.4. The van der Waals surface area contributed by atoms with Gasteiger partial charge in [-0.2, -0.15) is 0 Å². The van der Waals surface area contributed by atoms with Crippen LogP contribution >= 0.6 is 0 Å². The monoisotopic (exact) mass is 213 g/mol. The van der Waals surface area contributed by atoms with Gasteiger partial charge in [-0.05, 0) is 19.1 Å². The van der Waals surface area contributed by atoms with Crippen molar-refractivity contribution >= 4 is 5.69 Å². The number of hydrogen-bond donors (Lipinski definition) is 0. The lowest BCUT2D eigenvalue weighted by Crippen LogP contribution is -2.16. The molecule has 0 radical (unpaired) electrons. The molecule has 16 heavy (non-hydrogen) atoms. The molecule has 0 aromatic heterocycles. The molecule has 0 heterocycles. The average molecular weight is 213 g/mol. The molecule has 1 heteroatoms. The van der Waals surface area contributed by atoms with Crippen molar-refractivity contribution in [1.82, 2.24) is 0 Å². The number of para-hydroxylation sites is 1. The van der Waals surface area contributed by atoms with Crippen LogP contribution in [0.1, 0.15) is 6.92 Å². The Labute approximate surface area is 98.4 Å². The summed E-state index contributed by atoms with van der Waals surface area (Å²) in [5.74, 6) is 0. The van der Waals surface area contributed by atoms with E-state index in [2.05, 4.69) is 61.9 Å². The molecule has 0 saturated heterocycles. The summed E-state index contributed by atoms with van der Waals surface area (Å²) in [4.78, 5) is 2.21. The zero-order valence-corrected chi connectivity index (χ0v) is 10.1. The first kappa shape index (κ1) is 12.3. The lowest BCUT2D eigenvalue weighted by atomic mass is 10.2. The molecule has 0 bridgehead atoms. The summed E-state index contributed by atoms with van der Waals surface area (Å²) in [5, 5.41) is 0. The zero-order chi connectivity index (χ0) is 11.8. The molecular weight excluding hydrogens is 194 g/mol. The third-order valence-electron chi connectivity index (χ3n) is 2.38. The Bertz CT molecular complexity index is 374. The first-order chi connectivity index (χ1) is 7.74. The van der Waals surface area contributed by atoms with Gasteiger partial charge in [0.2, 0.25) is 0 Å². The Kier molecular flexibility index (Phi) is 5.13. The maximum absolute atomic E-state index is 3.65. The van der Waals surface area contributed by atoms with Crippen molar-refractivity contribution in [1.29, 1.82) is 0 Å². The van der Waals surface area contributed by atoms with Gasteiger partial charge in [0.25, 0.3) is 0 Å². The molecule has 0 N–H and O–H groups in total. The highest BCUT2D eigenvalue weighted by Gasteiger charge is 1.96. The summed E-state index contributed by atoms with van der Waals surface area (Å²) < 4.78 is 0. The highest BCUT2D eigenvalue weighted by molar-refractivity contribution is 5.45. The fourth-order valence-corrected chi connectivity index (χ4v) is 1.36. The van der Waals surface area contributed by atoms with Gasteiger partial charge in [-0.1, -0.05) is 54.7 Å². The van der Waals surface area contributed by atoms with E-state index in [1.807, 2.05) is 12.1 Å². The second-order valence-electron chi connectivity index (χ2n) is 3.76. The van der Waals surface area contributed by atoms with E-state index in [1.54, 1.807) is 6.08 Å². The van der Waals surface area contributed by atoms with Gasteiger partial charge in [-0.15, -0.1) is 0 Å². The van der Waals surface area contributed by atoms with E-state index in [-0.39, 0.29) is 0 Å². The third kappa shape index (κ3) is 4.18. The average Bonchev–Trinajstić information content (AvgIpc) is 2.34. The topological polar surface area (TPSA) is 3.24 Å². The standard InChI is InChI=1S/C15H19N/c1-4-5-9-14(2)12-13-16(3)15-10-7-6-8-11-15/h4-12H,1,13H2,2-3H3/b9-5-,14-12-. The normalized spacial score (nSPS) is 11.8. The predicted octanol–water partition coefficient (Wildman–Crippen LogP) is 3.81. The number of nitrogens with zero attached hydrogens (tertiary/aromatic N) is 1. The van der Waals surface area contributed by atoms with E-state index in [1.165, 1.54) is 11.3 Å². The third-order valence-corrected chi connectivity index (χ3v) is 2.38. The van der Waals surface area contributed by atoms with Gasteiger partial charge in [0.1, 0.15) is 0 Å². The molecule has 0 amide bonds. The molecule has 0 unspecified atom stereocenters. The van der Waals surface area contributed by atoms with Crippen molar-refractivity contribution in [3.8, 4) is 0 Å². The minimum Gasteiger partial charge on any atom is -0.371 e. The van der Waals surface area contributed by atoms with Crippen molar-refractivity contribution in [3.05, 3.63) is 66.8 Å². The molecule has 1 aromatic carbocycles. The lowest BCUT2D eigenvalue weighted by molar-refractivity contribution is 1.02. The van der Waals surface area contributed by atoms with Crippen LogP contribution in [0.2, 0.25) is 0 Å². The Hall–Kier alpha value is -1.76. The van der Waals surface area contributed by atoms with Gasteiger partial charge in [0.05, 0.1) is 0 Å². The van der Waals surface area contributed by atoms with Crippen LogP contribution in [0.5, 0.6) is 0 Å². The van der Waals surface area contributed by atoms with Crippen molar-refractivity contribution in [3.63, 3.8) is 0 Å². The number of benzene rings is 1. The zero-order valence-electron chi connectivity index (χ0n) is 10.1. The van der Waals surface area contributed by atoms with Crippen molar-refractivity contribution in [2.24, 2.45) is 0 Å². The van der Waals surface area contributed by atoms with Gasteiger partial charge in [-0.25, -0.2) is 0 Å². The molecule has 0 aliphatic rings. The first-order valence-corrected chi connectivity index (χ1v) is 5.46. The van der Waals surface area contributed by atoms with Gasteiger partial charge >= 0.3 is 0 Å². The molecular formula is C15H19N. The maximum atomic E-state index is 3.65. The van der Waals surface area contributed by atoms with E-state index in [9.17, 15) is 0 Å². The molecule has 0 spiro atoms. The Balaban J connectivity index is 2.55. The summed E-state index contributed by atoms with van der Waals surface area (Å²) in [6.07, 6.45) is 8.01. The molecule has 0 atom stereocenters. The summed E-state index contributed by atoms with van der Waals surface area (Å²) in [5.41, 5.74) is 2.49. The van der Waals surface area contributed by atoms with E-state index in [4.69, 9.17) is 0 Å². The van der Waals surface area contributed by atoms with Crippen LogP contribution in [0, 0.1) is 0 Å². The molecule has 84 valence electrons. The van der Waals surface area contributed by atoms with Gasteiger partial charge < -0.3 is 4.90 Å². The molecule has 1 aromatic rings. The molecule has 0 saturated carbocycles. The molecule has 1 rings (SSSR count). The quantitative estimate of drug-likeness (QED) is 0.672. The highest BCUT2D eigenvalue weighted by atomic mass is 15.1. The number of allylic oxidation sites excluding steroid dienone is 4. The Morgan fingerprint density at radius 1 is 1.31 bits per heavy atom. The summed E-state index contributed by atoms with van der Waals surface area (Å²) in [7, 11) is 2.09.